The van der Waals surface area contributed by atoms with Crippen molar-refractivity contribution in [3.63, 3.8) is 0 Å². The predicted octanol–water partition coefficient (Wildman–Crippen LogP) is 4.93. The number of nitrogens with one attached hydrogen (secondary N) is 2. The number of H-pyrrole nitrogens is 1. The summed E-state index contributed by atoms with van der Waals surface area (Å²) in [6.45, 7) is 0.630. The number of benzene rings is 3. The van der Waals surface area contributed by atoms with E-state index in [1.807, 2.05) is 66.7 Å². The first-order valence-electron chi connectivity index (χ1n) is 11.6. The third-order valence-electron chi connectivity index (χ3n) is 6.19. The van der Waals surface area contributed by atoms with Gasteiger partial charge in [-0.25, -0.2) is 4.79 Å². The Labute approximate surface area is 202 Å². The van der Waals surface area contributed by atoms with Crippen LogP contribution in [0.2, 0.25) is 0 Å². The monoisotopic (exact) mass is 467 g/mol. The minimum atomic E-state index is -0.606. The Balaban J connectivity index is 1.29. The topological polar surface area (TPSA) is 91.5 Å². The van der Waals surface area contributed by atoms with Crippen LogP contribution in [0.1, 0.15) is 18.4 Å². The molecule has 2 N–H and O–H groups in total. The minimum Gasteiger partial charge on any atom is -0.445 e. The third-order valence-corrected chi connectivity index (χ3v) is 6.19. The molecule has 4 aromatic rings. The van der Waals surface area contributed by atoms with Crippen LogP contribution in [0, 0.1) is 0 Å². The molecule has 0 aliphatic carbocycles. The van der Waals surface area contributed by atoms with E-state index in [4.69, 9.17) is 4.74 Å². The van der Waals surface area contributed by atoms with Crippen LogP contribution in [0.15, 0.2) is 89.7 Å². The zero-order valence-electron chi connectivity index (χ0n) is 19.1. The summed E-state index contributed by atoms with van der Waals surface area (Å²) in [7, 11) is 0. The fourth-order valence-corrected chi connectivity index (χ4v) is 4.41. The zero-order chi connectivity index (χ0) is 24.2. The standard InChI is InChI=1S/C28H25N3O4/c32-26-23(17-21-10-4-5-13-24(21)30-26)20-11-6-12-22(16-20)29-27(33)25-14-7-15-31(25)28(34)35-18-19-8-2-1-3-9-19/h1-6,8-13,16-17,25H,7,14-15,18H2,(H,29,33)(H,30,32)/t25-/m0/s1. The van der Waals surface area contributed by atoms with E-state index in [0.717, 1.165) is 22.9 Å². The number of carbonyl (C=O) groups is 2. The van der Waals surface area contributed by atoms with Gasteiger partial charge in [-0.2, -0.15) is 0 Å². The fraction of sp³-hybridized carbons (Fsp3) is 0.179. The Hall–Kier alpha value is -4.39. The van der Waals surface area contributed by atoms with Gasteiger partial charge in [0.05, 0.1) is 0 Å². The number of carbonyl (C=O) groups excluding carboxylic acids is 2. The maximum Gasteiger partial charge on any atom is 0.410 e. The van der Waals surface area contributed by atoms with E-state index in [2.05, 4.69) is 10.3 Å². The van der Waals surface area contributed by atoms with Crippen molar-refractivity contribution < 1.29 is 14.3 Å². The summed E-state index contributed by atoms with van der Waals surface area (Å²) in [6, 6.07) is 25.4. The third kappa shape index (κ3) is 4.94. The van der Waals surface area contributed by atoms with Crippen molar-refractivity contribution >= 4 is 28.6 Å². The zero-order valence-corrected chi connectivity index (χ0v) is 19.1. The van der Waals surface area contributed by atoms with Gasteiger partial charge in [0.2, 0.25) is 5.91 Å². The van der Waals surface area contributed by atoms with Gasteiger partial charge in [-0.3, -0.25) is 14.5 Å². The van der Waals surface area contributed by atoms with E-state index in [1.54, 1.807) is 18.2 Å². The number of aromatic amines is 1. The molecule has 1 saturated heterocycles. The van der Waals surface area contributed by atoms with Gasteiger partial charge in [0.25, 0.3) is 5.56 Å². The summed E-state index contributed by atoms with van der Waals surface area (Å²) >= 11 is 0. The van der Waals surface area contributed by atoms with Crippen molar-refractivity contribution in [1.29, 1.82) is 0 Å². The molecule has 1 fully saturated rings. The molecule has 1 aliphatic rings. The van der Waals surface area contributed by atoms with Crippen LogP contribution in [0.3, 0.4) is 0 Å². The summed E-state index contributed by atoms with van der Waals surface area (Å²) in [5.74, 6) is -0.274. The summed E-state index contributed by atoms with van der Waals surface area (Å²) in [5.41, 5.74) is 3.24. The molecule has 2 heterocycles. The molecule has 7 heteroatoms. The van der Waals surface area contributed by atoms with Crippen LogP contribution >= 0.6 is 0 Å². The SMILES string of the molecule is O=C(Nc1cccc(-c2cc3ccccc3[nH]c2=O)c1)[C@@H]1CCCN1C(=O)OCc1ccccc1. The van der Waals surface area contributed by atoms with E-state index in [-0.39, 0.29) is 18.1 Å². The molecule has 0 spiro atoms. The summed E-state index contributed by atoms with van der Waals surface area (Å²) in [5, 5.41) is 3.83. The van der Waals surface area contributed by atoms with Gasteiger partial charge in [-0.1, -0.05) is 60.7 Å². The molecule has 0 bridgehead atoms. The molecule has 176 valence electrons. The van der Waals surface area contributed by atoms with E-state index < -0.39 is 12.1 Å². The largest absolute Gasteiger partial charge is 0.445 e. The second-order valence-corrected chi connectivity index (χ2v) is 8.56. The van der Waals surface area contributed by atoms with Gasteiger partial charge in [0.1, 0.15) is 12.6 Å². The fourth-order valence-electron chi connectivity index (χ4n) is 4.41. The Morgan fingerprint density at radius 3 is 2.63 bits per heavy atom. The number of fused-ring (bicyclic) bond motifs is 1. The smallest absolute Gasteiger partial charge is 0.410 e. The summed E-state index contributed by atoms with van der Waals surface area (Å²) in [6.07, 6.45) is 0.796. The van der Waals surface area contributed by atoms with Crippen molar-refractivity contribution in [2.75, 3.05) is 11.9 Å². The van der Waals surface area contributed by atoms with Crippen LogP contribution in [0.4, 0.5) is 10.5 Å². The van der Waals surface area contributed by atoms with E-state index >= 15 is 0 Å². The second-order valence-electron chi connectivity index (χ2n) is 8.56. The van der Waals surface area contributed by atoms with Gasteiger partial charge in [0, 0.05) is 23.3 Å². The number of pyridine rings is 1. The lowest BCUT2D eigenvalue weighted by molar-refractivity contribution is -0.120. The van der Waals surface area contributed by atoms with Crippen LogP contribution < -0.4 is 10.9 Å². The van der Waals surface area contributed by atoms with Crippen molar-refractivity contribution in [1.82, 2.24) is 9.88 Å². The number of hydrogen-bond acceptors (Lipinski definition) is 4. The Morgan fingerprint density at radius 2 is 1.77 bits per heavy atom. The highest BCUT2D eigenvalue weighted by Gasteiger charge is 2.35. The van der Waals surface area contributed by atoms with Crippen LogP contribution in [-0.4, -0.2) is 34.5 Å². The number of nitrogens with zero attached hydrogens (tertiary/aromatic N) is 1. The number of hydrogen-bond donors (Lipinski definition) is 2. The molecule has 1 aliphatic heterocycles. The van der Waals surface area contributed by atoms with Gasteiger partial charge < -0.3 is 15.0 Å². The van der Waals surface area contributed by atoms with Crippen molar-refractivity contribution in [3.8, 4) is 11.1 Å². The first kappa shape index (κ1) is 22.4. The highest BCUT2D eigenvalue weighted by molar-refractivity contribution is 5.97. The van der Waals surface area contributed by atoms with Crippen molar-refractivity contribution in [2.24, 2.45) is 0 Å². The predicted molar refractivity (Wildman–Crippen MR) is 135 cm³/mol. The molecule has 5 rings (SSSR count). The molecule has 7 nitrogen and oxygen atoms in total. The molecule has 1 aromatic heterocycles. The lowest BCUT2D eigenvalue weighted by atomic mass is 10.0. The van der Waals surface area contributed by atoms with Crippen LogP contribution in [0.5, 0.6) is 0 Å². The average Bonchev–Trinajstić information content (AvgIpc) is 3.38. The Bertz CT molecular complexity index is 1430. The first-order chi connectivity index (χ1) is 17.1. The molecule has 0 saturated carbocycles. The van der Waals surface area contributed by atoms with Crippen molar-refractivity contribution in [3.05, 3.63) is 101 Å². The van der Waals surface area contributed by atoms with E-state index in [9.17, 15) is 14.4 Å². The maximum atomic E-state index is 13.1. The summed E-state index contributed by atoms with van der Waals surface area (Å²) in [4.78, 5) is 42.8. The number of ether oxygens (including phenoxy) is 1. The Kier molecular flexibility index (Phi) is 6.30. The number of aromatic nitrogens is 1. The maximum absolute atomic E-state index is 13.1. The molecule has 0 unspecified atom stereocenters. The van der Waals surface area contributed by atoms with E-state index in [0.29, 0.717) is 29.8 Å². The Morgan fingerprint density at radius 1 is 0.971 bits per heavy atom. The number of anilines is 1. The molecule has 35 heavy (non-hydrogen) atoms. The van der Waals surface area contributed by atoms with E-state index in [1.165, 1.54) is 4.90 Å². The lowest BCUT2D eigenvalue weighted by Crippen LogP contribution is -2.43. The molecule has 0 radical (unpaired) electrons. The second kappa shape index (κ2) is 9.85. The quantitative estimate of drug-likeness (QED) is 0.435. The lowest BCUT2D eigenvalue weighted by Gasteiger charge is -2.23. The minimum absolute atomic E-state index is 0.160. The molecular formula is C28H25N3O4. The normalized spacial score (nSPS) is 15.2. The highest BCUT2D eigenvalue weighted by atomic mass is 16.6. The molecule has 2 amide bonds. The number of amides is 2. The molecular weight excluding hydrogens is 442 g/mol. The first-order valence-corrected chi connectivity index (χ1v) is 11.6. The van der Waals surface area contributed by atoms with Crippen LogP contribution in [0.25, 0.3) is 22.0 Å². The number of likely N-dealkylation sites (tertiary alicyclic amines) is 1. The average molecular weight is 468 g/mol. The molecule has 3 aromatic carbocycles. The van der Waals surface area contributed by atoms with Gasteiger partial charge in [0.15, 0.2) is 0 Å². The number of para-hydroxylation sites is 1. The number of rotatable bonds is 5. The summed E-state index contributed by atoms with van der Waals surface area (Å²) < 4.78 is 5.44. The van der Waals surface area contributed by atoms with Gasteiger partial charge >= 0.3 is 6.09 Å². The van der Waals surface area contributed by atoms with Gasteiger partial charge in [-0.15, -0.1) is 0 Å². The van der Waals surface area contributed by atoms with Gasteiger partial charge in [-0.05, 0) is 53.6 Å². The molecule has 1 atom stereocenters. The van der Waals surface area contributed by atoms with Crippen LogP contribution in [-0.2, 0) is 16.1 Å². The highest BCUT2D eigenvalue weighted by Crippen LogP contribution is 2.24. The van der Waals surface area contributed by atoms with Crippen molar-refractivity contribution in [2.45, 2.75) is 25.5 Å².